The zero-order chi connectivity index (χ0) is 18.9. The number of aromatic nitrogens is 1. The second-order valence-electron chi connectivity index (χ2n) is 5.75. The molecule has 0 atom stereocenters. The second kappa shape index (κ2) is 6.99. The molecule has 1 saturated heterocycles. The smallest absolute Gasteiger partial charge is 0.362 e. The molecule has 1 aromatic carbocycles. The molecule has 0 N–H and O–H groups in total. The van der Waals surface area contributed by atoms with Gasteiger partial charge in [0, 0.05) is 38.4 Å². The Hall–Kier alpha value is -2.55. The highest BCUT2D eigenvalue weighted by molar-refractivity contribution is 6.33. The van der Waals surface area contributed by atoms with Gasteiger partial charge in [-0.25, -0.2) is 4.98 Å². The van der Waals surface area contributed by atoms with E-state index in [-0.39, 0.29) is 16.5 Å². The maximum atomic E-state index is 12.7. The van der Waals surface area contributed by atoms with Crippen LogP contribution in [0, 0.1) is 10.1 Å². The Labute approximate surface area is 151 Å². The zero-order valence-corrected chi connectivity index (χ0v) is 14.2. The fourth-order valence-corrected chi connectivity index (χ4v) is 3.15. The summed E-state index contributed by atoms with van der Waals surface area (Å²) in [5.74, 6) is 0.280. The minimum atomic E-state index is -4.50. The highest BCUT2D eigenvalue weighted by atomic mass is 35.5. The maximum absolute atomic E-state index is 12.7. The van der Waals surface area contributed by atoms with E-state index >= 15 is 0 Å². The van der Waals surface area contributed by atoms with E-state index in [0.29, 0.717) is 31.9 Å². The van der Waals surface area contributed by atoms with E-state index in [0.717, 1.165) is 12.3 Å². The topological polar surface area (TPSA) is 62.5 Å². The number of pyridine rings is 1. The van der Waals surface area contributed by atoms with Crippen LogP contribution in [0.2, 0.25) is 5.02 Å². The molecule has 0 saturated carbocycles. The number of nitro groups is 1. The Morgan fingerprint density at radius 1 is 1.12 bits per heavy atom. The Morgan fingerprint density at radius 3 is 2.31 bits per heavy atom. The summed E-state index contributed by atoms with van der Waals surface area (Å²) in [4.78, 5) is 18.2. The number of rotatable bonds is 3. The molecular weight excluding hydrogens is 373 g/mol. The summed E-state index contributed by atoms with van der Waals surface area (Å²) in [6.07, 6.45) is -3.74. The number of hydrogen-bond acceptors (Lipinski definition) is 5. The lowest BCUT2D eigenvalue weighted by Crippen LogP contribution is -2.47. The van der Waals surface area contributed by atoms with Crippen LogP contribution >= 0.6 is 11.6 Å². The highest BCUT2D eigenvalue weighted by Gasteiger charge is 2.32. The van der Waals surface area contributed by atoms with Crippen LogP contribution in [0.25, 0.3) is 0 Å². The normalized spacial score (nSPS) is 15.2. The van der Waals surface area contributed by atoms with Gasteiger partial charge in [-0.15, -0.1) is 0 Å². The van der Waals surface area contributed by atoms with Crippen molar-refractivity contribution in [2.45, 2.75) is 6.18 Å². The number of para-hydroxylation sites is 2. The molecular formula is C16H14ClF3N4O2. The summed E-state index contributed by atoms with van der Waals surface area (Å²) in [6, 6.07) is 7.30. The fourth-order valence-electron chi connectivity index (χ4n) is 2.86. The number of alkyl halides is 3. The number of hydrogen-bond donors (Lipinski definition) is 0. The van der Waals surface area contributed by atoms with Gasteiger partial charge in [-0.05, 0) is 12.1 Å². The van der Waals surface area contributed by atoms with Crippen LogP contribution in [0.4, 0.5) is 30.4 Å². The van der Waals surface area contributed by atoms with Gasteiger partial charge in [0.15, 0.2) is 0 Å². The van der Waals surface area contributed by atoms with Gasteiger partial charge >= 0.3 is 6.18 Å². The minimum absolute atomic E-state index is 0.0200. The molecule has 0 radical (unpaired) electrons. The molecule has 1 fully saturated rings. The van der Waals surface area contributed by atoms with Crippen LogP contribution < -0.4 is 9.80 Å². The fraction of sp³-hybridized carbons (Fsp3) is 0.312. The van der Waals surface area contributed by atoms with E-state index in [2.05, 4.69) is 4.98 Å². The van der Waals surface area contributed by atoms with E-state index in [1.807, 2.05) is 4.90 Å². The van der Waals surface area contributed by atoms with Crippen LogP contribution in [0.1, 0.15) is 5.56 Å². The Morgan fingerprint density at radius 2 is 1.73 bits per heavy atom. The van der Waals surface area contributed by atoms with Crippen molar-refractivity contribution in [1.82, 2.24) is 4.98 Å². The first-order chi connectivity index (χ1) is 12.3. The number of piperazine rings is 1. The SMILES string of the molecule is O=[N+]([O-])c1ccccc1N1CCN(c2ncc(C(F)(F)F)cc2Cl)CC1. The Balaban J connectivity index is 1.74. The molecule has 1 aliphatic heterocycles. The predicted octanol–water partition coefficient (Wildman–Crippen LogP) is 3.99. The van der Waals surface area contributed by atoms with E-state index in [1.54, 1.807) is 23.1 Å². The number of halogens is 4. The van der Waals surface area contributed by atoms with Gasteiger partial charge in [-0.1, -0.05) is 23.7 Å². The van der Waals surface area contributed by atoms with Gasteiger partial charge < -0.3 is 9.80 Å². The molecule has 138 valence electrons. The zero-order valence-electron chi connectivity index (χ0n) is 13.4. The van der Waals surface area contributed by atoms with E-state index in [1.165, 1.54) is 6.07 Å². The average Bonchev–Trinajstić information content (AvgIpc) is 2.61. The summed E-state index contributed by atoms with van der Waals surface area (Å²) in [5.41, 5.74) is -0.361. The third-order valence-corrected chi connectivity index (χ3v) is 4.43. The second-order valence-corrected chi connectivity index (χ2v) is 6.15. The third-order valence-electron chi connectivity index (χ3n) is 4.15. The quantitative estimate of drug-likeness (QED) is 0.589. The molecule has 6 nitrogen and oxygen atoms in total. The lowest BCUT2D eigenvalue weighted by molar-refractivity contribution is -0.384. The van der Waals surface area contributed by atoms with E-state index in [9.17, 15) is 23.3 Å². The predicted molar refractivity (Wildman–Crippen MR) is 91.8 cm³/mol. The standard InChI is InChI=1S/C16H14ClF3N4O2/c17-12-9-11(16(18,19)20)10-21-15(12)23-7-5-22(6-8-23)13-3-1-2-4-14(13)24(25)26/h1-4,9-10H,5-8H2. The largest absolute Gasteiger partial charge is 0.417 e. The Bertz CT molecular complexity index is 823. The summed E-state index contributed by atoms with van der Waals surface area (Å²) < 4.78 is 38.1. The summed E-state index contributed by atoms with van der Waals surface area (Å²) in [6.45, 7) is 1.79. The third kappa shape index (κ3) is 3.67. The van der Waals surface area contributed by atoms with E-state index < -0.39 is 16.7 Å². The van der Waals surface area contributed by atoms with Gasteiger partial charge in [-0.3, -0.25) is 10.1 Å². The molecule has 1 aliphatic rings. The molecule has 0 spiro atoms. The van der Waals surface area contributed by atoms with Gasteiger partial charge in [0.25, 0.3) is 5.69 Å². The molecule has 1 aromatic heterocycles. The van der Waals surface area contributed by atoms with Crippen molar-refractivity contribution in [3.05, 3.63) is 57.2 Å². The Kier molecular flexibility index (Phi) is 4.90. The molecule has 0 bridgehead atoms. The number of nitro benzene ring substituents is 1. The number of anilines is 2. The van der Waals surface area contributed by atoms with Crippen LogP contribution in [0.5, 0.6) is 0 Å². The first kappa shape index (κ1) is 18.2. The van der Waals surface area contributed by atoms with Crippen molar-refractivity contribution in [2.24, 2.45) is 0 Å². The van der Waals surface area contributed by atoms with Gasteiger partial charge in [0.1, 0.15) is 11.5 Å². The van der Waals surface area contributed by atoms with Gasteiger partial charge in [-0.2, -0.15) is 13.2 Å². The number of nitrogens with zero attached hydrogens (tertiary/aromatic N) is 4. The molecule has 2 heterocycles. The first-order valence-electron chi connectivity index (χ1n) is 7.73. The monoisotopic (exact) mass is 386 g/mol. The van der Waals surface area contributed by atoms with Crippen LogP contribution in [0.3, 0.4) is 0 Å². The lowest BCUT2D eigenvalue weighted by atomic mass is 10.2. The molecule has 3 rings (SSSR count). The van der Waals surface area contributed by atoms with Crippen LogP contribution in [-0.2, 0) is 6.18 Å². The van der Waals surface area contributed by atoms with Crippen molar-refractivity contribution in [3.8, 4) is 0 Å². The minimum Gasteiger partial charge on any atom is -0.362 e. The van der Waals surface area contributed by atoms with Crippen LogP contribution in [-0.4, -0.2) is 36.1 Å². The van der Waals surface area contributed by atoms with Crippen LogP contribution in [0.15, 0.2) is 36.5 Å². The van der Waals surface area contributed by atoms with Gasteiger partial charge in [0.2, 0.25) is 0 Å². The summed E-state index contributed by atoms with van der Waals surface area (Å²) in [5, 5.41) is 11.1. The van der Waals surface area contributed by atoms with Gasteiger partial charge in [0.05, 0.1) is 15.5 Å². The molecule has 0 unspecified atom stereocenters. The molecule has 10 heteroatoms. The van der Waals surface area contributed by atoms with Crippen molar-refractivity contribution >= 4 is 28.8 Å². The summed E-state index contributed by atoms with van der Waals surface area (Å²) >= 11 is 5.98. The molecule has 2 aromatic rings. The van der Waals surface area contributed by atoms with Crippen molar-refractivity contribution in [3.63, 3.8) is 0 Å². The average molecular weight is 387 g/mol. The van der Waals surface area contributed by atoms with Crippen molar-refractivity contribution < 1.29 is 18.1 Å². The highest BCUT2D eigenvalue weighted by Crippen LogP contribution is 2.34. The van der Waals surface area contributed by atoms with Crippen molar-refractivity contribution in [2.75, 3.05) is 36.0 Å². The lowest BCUT2D eigenvalue weighted by Gasteiger charge is -2.36. The number of benzene rings is 1. The maximum Gasteiger partial charge on any atom is 0.417 e. The van der Waals surface area contributed by atoms with E-state index in [4.69, 9.17) is 11.6 Å². The van der Waals surface area contributed by atoms with Crippen molar-refractivity contribution in [1.29, 1.82) is 0 Å². The molecule has 0 aliphatic carbocycles. The molecule has 0 amide bonds. The molecule has 26 heavy (non-hydrogen) atoms. The summed E-state index contributed by atoms with van der Waals surface area (Å²) in [7, 11) is 0. The first-order valence-corrected chi connectivity index (χ1v) is 8.11.